The van der Waals surface area contributed by atoms with Gasteiger partial charge in [-0.15, -0.1) is 6.58 Å². The molecule has 0 amide bonds. The summed E-state index contributed by atoms with van der Waals surface area (Å²) < 4.78 is 0. The summed E-state index contributed by atoms with van der Waals surface area (Å²) in [5, 5.41) is 3.56. The Morgan fingerprint density at radius 2 is 1.71 bits per heavy atom. The molecule has 1 atom stereocenters. The first-order valence-electron chi connectivity index (χ1n) is 6.81. The molecule has 0 fully saturated rings. The molecule has 0 aromatic heterocycles. The van der Waals surface area contributed by atoms with Gasteiger partial charge in [-0.3, -0.25) is 4.90 Å². The summed E-state index contributed by atoms with van der Waals surface area (Å²) in [4.78, 5) is 2.54. The van der Waals surface area contributed by atoms with Crippen molar-refractivity contribution in [2.75, 3.05) is 13.1 Å². The molecule has 2 nitrogen and oxygen atoms in total. The van der Waals surface area contributed by atoms with Crippen molar-refractivity contribution in [1.82, 2.24) is 10.2 Å². The normalized spacial score (nSPS) is 14.7. The fourth-order valence-corrected chi connectivity index (χ4v) is 2.11. The Kier molecular flexibility index (Phi) is 7.03. The summed E-state index contributed by atoms with van der Waals surface area (Å²) in [5.74, 6) is 0.639. The van der Waals surface area contributed by atoms with Gasteiger partial charge in [0.2, 0.25) is 0 Å². The standard InChI is InChI=1S/C15H32N2/c1-9-10-17(15(6,7)8)14(12(2)3)11-16-13(4)5/h9,12-14,16H,1,10-11H2,2-8H3. The maximum atomic E-state index is 3.89. The highest BCUT2D eigenvalue weighted by Gasteiger charge is 2.29. The van der Waals surface area contributed by atoms with Gasteiger partial charge in [-0.25, -0.2) is 0 Å². The van der Waals surface area contributed by atoms with Gasteiger partial charge in [0, 0.05) is 30.7 Å². The highest BCUT2D eigenvalue weighted by molar-refractivity contribution is 4.90. The lowest BCUT2D eigenvalue weighted by atomic mass is 9.95. The molecule has 0 saturated heterocycles. The van der Waals surface area contributed by atoms with Crippen LogP contribution in [-0.2, 0) is 0 Å². The Hall–Kier alpha value is -0.340. The first kappa shape index (κ1) is 16.7. The predicted octanol–water partition coefficient (Wildman–Crippen LogP) is 3.30. The molecule has 0 spiro atoms. The van der Waals surface area contributed by atoms with Crippen molar-refractivity contribution < 1.29 is 0 Å². The quantitative estimate of drug-likeness (QED) is 0.687. The van der Waals surface area contributed by atoms with Crippen LogP contribution in [0.4, 0.5) is 0 Å². The zero-order valence-electron chi connectivity index (χ0n) is 12.9. The SMILES string of the molecule is C=CCN(C(CNC(C)C)C(C)C)C(C)(C)C. The number of nitrogens with zero attached hydrogens (tertiary/aromatic N) is 1. The van der Waals surface area contributed by atoms with Gasteiger partial charge in [-0.2, -0.15) is 0 Å². The molecule has 17 heavy (non-hydrogen) atoms. The molecule has 1 unspecified atom stereocenters. The zero-order valence-corrected chi connectivity index (χ0v) is 12.9. The third-order valence-corrected chi connectivity index (χ3v) is 3.09. The van der Waals surface area contributed by atoms with Crippen molar-refractivity contribution in [1.29, 1.82) is 0 Å². The van der Waals surface area contributed by atoms with Crippen LogP contribution in [0.2, 0.25) is 0 Å². The molecule has 0 aliphatic rings. The second-order valence-corrected chi connectivity index (χ2v) is 6.49. The molecule has 0 radical (unpaired) electrons. The lowest BCUT2D eigenvalue weighted by molar-refractivity contribution is 0.0683. The molecule has 0 aliphatic heterocycles. The van der Waals surface area contributed by atoms with Gasteiger partial charge in [0.25, 0.3) is 0 Å². The van der Waals surface area contributed by atoms with Crippen LogP contribution in [-0.4, -0.2) is 35.6 Å². The highest BCUT2D eigenvalue weighted by Crippen LogP contribution is 2.21. The van der Waals surface area contributed by atoms with E-state index in [4.69, 9.17) is 0 Å². The Morgan fingerprint density at radius 3 is 2.00 bits per heavy atom. The van der Waals surface area contributed by atoms with Gasteiger partial charge in [0.15, 0.2) is 0 Å². The van der Waals surface area contributed by atoms with E-state index in [9.17, 15) is 0 Å². The van der Waals surface area contributed by atoms with Crippen molar-refractivity contribution in [3.05, 3.63) is 12.7 Å². The number of rotatable bonds is 7. The Balaban J connectivity index is 4.77. The van der Waals surface area contributed by atoms with Crippen molar-refractivity contribution in [3.63, 3.8) is 0 Å². The van der Waals surface area contributed by atoms with E-state index in [2.05, 4.69) is 65.3 Å². The smallest absolute Gasteiger partial charge is 0.0252 e. The first-order chi connectivity index (χ1) is 7.70. The second kappa shape index (κ2) is 7.17. The summed E-state index contributed by atoms with van der Waals surface area (Å²) in [7, 11) is 0. The molecule has 0 bridgehead atoms. The summed E-state index contributed by atoms with van der Waals surface area (Å²) in [6.07, 6.45) is 2.01. The van der Waals surface area contributed by atoms with Gasteiger partial charge in [0.1, 0.15) is 0 Å². The van der Waals surface area contributed by atoms with E-state index >= 15 is 0 Å². The molecular weight excluding hydrogens is 208 g/mol. The maximum absolute atomic E-state index is 3.89. The fourth-order valence-electron chi connectivity index (χ4n) is 2.11. The number of nitrogens with one attached hydrogen (secondary N) is 1. The molecule has 0 heterocycles. The van der Waals surface area contributed by atoms with Crippen molar-refractivity contribution in [2.24, 2.45) is 5.92 Å². The molecule has 0 aliphatic carbocycles. The average Bonchev–Trinajstić information content (AvgIpc) is 2.14. The average molecular weight is 240 g/mol. The minimum atomic E-state index is 0.182. The van der Waals surface area contributed by atoms with E-state index in [1.165, 1.54) is 0 Å². The van der Waals surface area contributed by atoms with Gasteiger partial charge >= 0.3 is 0 Å². The van der Waals surface area contributed by atoms with Crippen LogP contribution >= 0.6 is 0 Å². The predicted molar refractivity (Wildman–Crippen MR) is 78.4 cm³/mol. The topological polar surface area (TPSA) is 15.3 Å². The van der Waals surface area contributed by atoms with Crippen LogP contribution in [0, 0.1) is 5.92 Å². The van der Waals surface area contributed by atoms with Gasteiger partial charge in [-0.1, -0.05) is 33.8 Å². The number of hydrogen-bond acceptors (Lipinski definition) is 2. The van der Waals surface area contributed by atoms with Crippen LogP contribution < -0.4 is 5.32 Å². The van der Waals surface area contributed by atoms with E-state index in [1.807, 2.05) is 6.08 Å². The third kappa shape index (κ3) is 6.23. The van der Waals surface area contributed by atoms with Gasteiger partial charge in [-0.05, 0) is 26.7 Å². The van der Waals surface area contributed by atoms with Crippen LogP contribution in [0.3, 0.4) is 0 Å². The first-order valence-corrected chi connectivity index (χ1v) is 6.81. The molecule has 102 valence electrons. The Morgan fingerprint density at radius 1 is 1.18 bits per heavy atom. The van der Waals surface area contributed by atoms with E-state index in [0.29, 0.717) is 18.0 Å². The zero-order chi connectivity index (χ0) is 13.6. The summed E-state index contributed by atoms with van der Waals surface area (Å²) in [6, 6.07) is 1.09. The Labute approximate surface area is 108 Å². The van der Waals surface area contributed by atoms with E-state index in [1.54, 1.807) is 0 Å². The lowest BCUT2D eigenvalue weighted by Gasteiger charge is -2.43. The van der Waals surface area contributed by atoms with Crippen LogP contribution in [0.15, 0.2) is 12.7 Å². The van der Waals surface area contributed by atoms with E-state index in [-0.39, 0.29) is 5.54 Å². The molecule has 0 rings (SSSR count). The summed E-state index contributed by atoms with van der Waals surface area (Å²) in [5.41, 5.74) is 0.182. The van der Waals surface area contributed by atoms with Gasteiger partial charge < -0.3 is 5.32 Å². The summed E-state index contributed by atoms with van der Waals surface area (Å²) >= 11 is 0. The lowest BCUT2D eigenvalue weighted by Crippen LogP contribution is -2.54. The maximum Gasteiger partial charge on any atom is 0.0252 e. The van der Waals surface area contributed by atoms with Crippen molar-refractivity contribution in [3.8, 4) is 0 Å². The molecular formula is C15H32N2. The van der Waals surface area contributed by atoms with E-state index in [0.717, 1.165) is 13.1 Å². The minimum Gasteiger partial charge on any atom is -0.313 e. The molecule has 0 saturated carbocycles. The number of hydrogen-bond donors (Lipinski definition) is 1. The summed E-state index contributed by atoms with van der Waals surface area (Å²) in [6.45, 7) is 21.7. The van der Waals surface area contributed by atoms with Crippen LogP contribution in [0.1, 0.15) is 48.5 Å². The van der Waals surface area contributed by atoms with Gasteiger partial charge in [0.05, 0.1) is 0 Å². The van der Waals surface area contributed by atoms with Crippen LogP contribution in [0.25, 0.3) is 0 Å². The van der Waals surface area contributed by atoms with Crippen molar-refractivity contribution >= 4 is 0 Å². The minimum absolute atomic E-state index is 0.182. The third-order valence-electron chi connectivity index (χ3n) is 3.09. The largest absolute Gasteiger partial charge is 0.313 e. The Bertz CT molecular complexity index is 213. The second-order valence-electron chi connectivity index (χ2n) is 6.49. The molecule has 2 heteroatoms. The van der Waals surface area contributed by atoms with Crippen molar-refractivity contribution in [2.45, 2.75) is 66.1 Å². The van der Waals surface area contributed by atoms with E-state index < -0.39 is 0 Å². The highest BCUT2D eigenvalue weighted by atomic mass is 15.2. The monoisotopic (exact) mass is 240 g/mol. The molecule has 1 N–H and O–H groups in total. The van der Waals surface area contributed by atoms with Crippen LogP contribution in [0.5, 0.6) is 0 Å². The molecule has 0 aromatic rings. The molecule has 0 aromatic carbocycles. The fraction of sp³-hybridized carbons (Fsp3) is 0.867.